The summed E-state index contributed by atoms with van der Waals surface area (Å²) < 4.78 is 27.4. The fraction of sp³-hybridized carbons (Fsp3) is 0.211. The smallest absolute Gasteiger partial charge is 0.252 e. The third-order valence-electron chi connectivity index (χ3n) is 4.44. The van der Waals surface area contributed by atoms with Gasteiger partial charge in [-0.1, -0.05) is 17.7 Å². The lowest BCUT2D eigenvalue weighted by atomic mass is 10.1. The van der Waals surface area contributed by atoms with Crippen molar-refractivity contribution in [3.05, 3.63) is 74.0 Å². The molecule has 2 aromatic carbocycles. The Morgan fingerprint density at radius 2 is 1.69 bits per heavy atom. The number of aryl methyl sites for hydroxylation is 3. The first-order valence-corrected chi connectivity index (χ1v) is 9.92. The Bertz CT molecular complexity index is 1170. The van der Waals surface area contributed by atoms with E-state index in [0.717, 1.165) is 27.6 Å². The van der Waals surface area contributed by atoms with Crippen molar-refractivity contribution in [2.75, 3.05) is 0 Å². The van der Waals surface area contributed by atoms with Crippen molar-refractivity contribution in [2.24, 2.45) is 0 Å². The van der Waals surface area contributed by atoms with Gasteiger partial charge in [0.15, 0.2) is 0 Å². The van der Waals surface area contributed by atoms with Crippen LogP contribution in [-0.2, 0) is 16.6 Å². The van der Waals surface area contributed by atoms with Crippen LogP contribution >= 0.6 is 11.6 Å². The second-order valence-electron chi connectivity index (χ2n) is 6.38. The SMILES string of the molecule is Cc1cc2cc(CNS(=O)(=O)c3ccc(C)c(Cl)c3)c(=O)[nH]c2cc1C. The number of aromatic nitrogens is 1. The van der Waals surface area contributed by atoms with E-state index in [4.69, 9.17) is 11.6 Å². The van der Waals surface area contributed by atoms with E-state index in [1.165, 1.54) is 12.1 Å². The normalized spacial score (nSPS) is 11.8. The van der Waals surface area contributed by atoms with Gasteiger partial charge in [-0.15, -0.1) is 0 Å². The largest absolute Gasteiger partial charge is 0.322 e. The molecule has 0 radical (unpaired) electrons. The van der Waals surface area contributed by atoms with Gasteiger partial charge in [-0.2, -0.15) is 0 Å². The first-order valence-electron chi connectivity index (χ1n) is 8.06. The van der Waals surface area contributed by atoms with Crippen molar-refractivity contribution in [1.29, 1.82) is 0 Å². The predicted molar refractivity (Wildman–Crippen MR) is 104 cm³/mol. The minimum absolute atomic E-state index is 0.0665. The van der Waals surface area contributed by atoms with Gasteiger partial charge in [0.05, 0.1) is 4.90 Å². The second-order valence-corrected chi connectivity index (χ2v) is 8.56. The molecule has 7 heteroatoms. The highest BCUT2D eigenvalue weighted by Gasteiger charge is 2.16. The summed E-state index contributed by atoms with van der Waals surface area (Å²) in [6.45, 7) is 5.65. The molecule has 0 saturated carbocycles. The molecule has 3 aromatic rings. The first-order chi connectivity index (χ1) is 12.2. The van der Waals surface area contributed by atoms with E-state index in [0.29, 0.717) is 10.6 Å². The number of pyridine rings is 1. The number of nitrogens with one attached hydrogen (secondary N) is 2. The zero-order chi connectivity index (χ0) is 19.1. The maximum absolute atomic E-state index is 12.5. The number of H-pyrrole nitrogens is 1. The van der Waals surface area contributed by atoms with Gasteiger partial charge in [-0.05, 0) is 73.2 Å². The maximum atomic E-state index is 12.5. The van der Waals surface area contributed by atoms with Crippen molar-refractivity contribution in [2.45, 2.75) is 32.2 Å². The van der Waals surface area contributed by atoms with Gasteiger partial charge in [-0.3, -0.25) is 4.79 Å². The average molecular weight is 391 g/mol. The van der Waals surface area contributed by atoms with Gasteiger partial charge < -0.3 is 4.98 Å². The lowest BCUT2D eigenvalue weighted by Gasteiger charge is -2.09. The van der Waals surface area contributed by atoms with Crippen molar-refractivity contribution < 1.29 is 8.42 Å². The van der Waals surface area contributed by atoms with Crippen molar-refractivity contribution >= 4 is 32.5 Å². The summed E-state index contributed by atoms with van der Waals surface area (Å²) in [5.41, 5.74) is 3.74. The molecule has 0 atom stereocenters. The molecule has 3 rings (SSSR count). The number of sulfonamides is 1. The minimum atomic E-state index is -3.77. The van der Waals surface area contributed by atoms with Crippen molar-refractivity contribution in [3.63, 3.8) is 0 Å². The highest BCUT2D eigenvalue weighted by Crippen LogP contribution is 2.20. The molecule has 0 unspecified atom stereocenters. The third-order valence-corrected chi connectivity index (χ3v) is 6.25. The number of benzene rings is 2. The molecule has 5 nitrogen and oxygen atoms in total. The molecule has 0 saturated heterocycles. The van der Waals surface area contributed by atoms with Gasteiger partial charge in [0.2, 0.25) is 10.0 Å². The molecule has 1 aromatic heterocycles. The van der Waals surface area contributed by atoms with E-state index in [9.17, 15) is 13.2 Å². The van der Waals surface area contributed by atoms with Crippen molar-refractivity contribution in [1.82, 2.24) is 9.71 Å². The summed E-state index contributed by atoms with van der Waals surface area (Å²) >= 11 is 6.01. The fourth-order valence-electron chi connectivity index (χ4n) is 2.65. The van der Waals surface area contributed by atoms with Crippen LogP contribution in [-0.4, -0.2) is 13.4 Å². The Morgan fingerprint density at radius 1 is 1.00 bits per heavy atom. The van der Waals surface area contributed by atoms with Crippen LogP contribution in [0.3, 0.4) is 0 Å². The number of hydrogen-bond acceptors (Lipinski definition) is 3. The summed E-state index contributed by atoms with van der Waals surface area (Å²) in [4.78, 5) is 15.1. The van der Waals surface area contributed by atoms with Gasteiger partial charge in [-0.25, -0.2) is 13.1 Å². The van der Waals surface area contributed by atoms with E-state index < -0.39 is 10.0 Å². The summed E-state index contributed by atoms with van der Waals surface area (Å²) in [7, 11) is -3.77. The van der Waals surface area contributed by atoms with Gasteiger partial charge in [0.1, 0.15) is 0 Å². The summed E-state index contributed by atoms with van der Waals surface area (Å²) in [5.74, 6) is 0. The average Bonchev–Trinajstić information content (AvgIpc) is 2.57. The zero-order valence-electron chi connectivity index (χ0n) is 14.7. The quantitative estimate of drug-likeness (QED) is 0.714. The first kappa shape index (κ1) is 18.6. The van der Waals surface area contributed by atoms with E-state index in [1.807, 2.05) is 26.0 Å². The molecule has 0 aliphatic carbocycles. The molecule has 0 aliphatic rings. The van der Waals surface area contributed by atoms with Crippen LogP contribution in [0.15, 0.2) is 46.1 Å². The van der Waals surface area contributed by atoms with Gasteiger partial charge >= 0.3 is 0 Å². The maximum Gasteiger partial charge on any atom is 0.252 e. The number of hydrogen-bond donors (Lipinski definition) is 2. The second kappa shape index (κ2) is 6.87. The van der Waals surface area contributed by atoms with E-state index >= 15 is 0 Å². The number of fused-ring (bicyclic) bond motifs is 1. The molecule has 0 spiro atoms. The van der Waals surface area contributed by atoms with E-state index in [-0.39, 0.29) is 17.0 Å². The van der Waals surface area contributed by atoms with E-state index in [2.05, 4.69) is 9.71 Å². The van der Waals surface area contributed by atoms with Crippen molar-refractivity contribution in [3.8, 4) is 0 Å². The molecular formula is C19H19ClN2O3S. The van der Waals surface area contributed by atoms with Crippen LogP contribution in [0.4, 0.5) is 0 Å². The Morgan fingerprint density at radius 3 is 2.38 bits per heavy atom. The molecule has 26 heavy (non-hydrogen) atoms. The number of aromatic amines is 1. The molecule has 136 valence electrons. The fourth-order valence-corrected chi connectivity index (χ4v) is 3.93. The highest BCUT2D eigenvalue weighted by molar-refractivity contribution is 7.89. The lowest BCUT2D eigenvalue weighted by Crippen LogP contribution is -2.27. The Hall–Kier alpha value is -2.15. The predicted octanol–water partition coefficient (Wildman–Crippen LogP) is 3.59. The van der Waals surface area contributed by atoms with Gasteiger partial charge in [0, 0.05) is 22.6 Å². The molecule has 0 bridgehead atoms. The van der Waals surface area contributed by atoms with Crippen LogP contribution in [0.5, 0.6) is 0 Å². The lowest BCUT2D eigenvalue weighted by molar-refractivity contribution is 0.581. The minimum Gasteiger partial charge on any atom is -0.322 e. The van der Waals surface area contributed by atoms with Crippen LogP contribution in [0.1, 0.15) is 22.3 Å². The summed E-state index contributed by atoms with van der Waals surface area (Å²) in [6, 6.07) is 10.1. The Kier molecular flexibility index (Phi) is 4.92. The standard InChI is InChI=1S/C19H19ClN2O3S/c1-11-4-5-16(9-17(11)20)26(24,25)21-10-15-8-14-6-12(2)13(3)7-18(14)22-19(15)23/h4-9,21H,10H2,1-3H3,(H,22,23). The monoisotopic (exact) mass is 390 g/mol. The van der Waals surface area contributed by atoms with Crippen LogP contribution in [0.2, 0.25) is 5.02 Å². The Balaban J connectivity index is 1.91. The molecular weight excluding hydrogens is 372 g/mol. The molecule has 2 N–H and O–H groups in total. The third kappa shape index (κ3) is 3.67. The Labute approximate surface area is 157 Å². The highest BCUT2D eigenvalue weighted by atomic mass is 35.5. The zero-order valence-corrected chi connectivity index (χ0v) is 16.3. The number of halogens is 1. The molecule has 0 fully saturated rings. The molecule has 0 aliphatic heterocycles. The number of rotatable bonds is 4. The van der Waals surface area contributed by atoms with E-state index in [1.54, 1.807) is 19.1 Å². The van der Waals surface area contributed by atoms with Crippen LogP contribution in [0.25, 0.3) is 10.9 Å². The van der Waals surface area contributed by atoms with Crippen LogP contribution in [0, 0.1) is 20.8 Å². The van der Waals surface area contributed by atoms with Gasteiger partial charge in [0.25, 0.3) is 5.56 Å². The molecule has 0 amide bonds. The topological polar surface area (TPSA) is 79.0 Å². The van der Waals surface area contributed by atoms with Crippen LogP contribution < -0.4 is 10.3 Å². The summed E-state index contributed by atoms with van der Waals surface area (Å²) in [5, 5.41) is 1.24. The summed E-state index contributed by atoms with van der Waals surface area (Å²) in [6.07, 6.45) is 0. The molecule has 1 heterocycles.